The largest absolute Gasteiger partial charge is 0.478 e. The Balaban J connectivity index is 0.000000324. The monoisotopic (exact) mass is 315 g/mol. The van der Waals surface area contributed by atoms with Crippen LogP contribution in [0.4, 0.5) is 0 Å². The minimum Gasteiger partial charge on any atom is -0.478 e. The molecule has 0 aromatic rings. The summed E-state index contributed by atoms with van der Waals surface area (Å²) in [5.41, 5.74) is -2.94. The summed E-state index contributed by atoms with van der Waals surface area (Å²) in [6.07, 6.45) is 0. The van der Waals surface area contributed by atoms with Crippen molar-refractivity contribution in [3.63, 3.8) is 0 Å². The minimum atomic E-state index is -1.47. The first kappa shape index (κ1) is 16.8. The summed E-state index contributed by atoms with van der Waals surface area (Å²) in [6.45, 7) is 2.63. The van der Waals surface area contributed by atoms with E-state index in [0.29, 0.717) is 0 Å². The van der Waals surface area contributed by atoms with E-state index in [9.17, 15) is 9.59 Å². The molecule has 0 amide bonds. The van der Waals surface area contributed by atoms with Crippen LogP contribution >= 0.6 is 0 Å². The first-order valence-electron chi connectivity index (χ1n) is 4.45. The maximum atomic E-state index is 10.2. The van der Waals surface area contributed by atoms with Gasteiger partial charge in [-0.1, -0.05) is 0 Å². The van der Waals surface area contributed by atoms with E-state index in [1.807, 2.05) is 0 Å². The van der Waals surface area contributed by atoms with Gasteiger partial charge in [-0.05, 0) is 34.7 Å². The molecule has 1 radical (unpaired) electrons. The molecule has 2 N–H and O–H groups in total. The van der Waals surface area contributed by atoms with Crippen molar-refractivity contribution in [2.75, 3.05) is 0 Å². The summed E-state index contributed by atoms with van der Waals surface area (Å²) >= 11 is 0. The van der Waals surface area contributed by atoms with E-state index in [2.05, 4.69) is 41.4 Å². The normalized spacial score (nSPS) is 19.5. The summed E-state index contributed by atoms with van der Waals surface area (Å²) in [6, 6.07) is 0. The molecule has 0 aliphatic carbocycles. The molecule has 0 saturated carbocycles. The molecule has 0 unspecified atom stereocenters. The van der Waals surface area contributed by atoms with E-state index in [0.717, 1.165) is 0 Å². The Hall–Kier alpha value is -2.15. The molecule has 105 valence electrons. The van der Waals surface area contributed by atoms with Gasteiger partial charge in [0.1, 0.15) is 0 Å². The quantitative estimate of drug-likeness (QED) is 0.780. The van der Waals surface area contributed by atoms with Crippen LogP contribution in [0, 0.1) is 0 Å². The molecule has 2 rings (SSSR count). The Morgan fingerprint density at radius 1 is 0.737 bits per heavy atom. The van der Waals surface area contributed by atoms with Crippen LogP contribution < -0.4 is 0 Å². The van der Waals surface area contributed by atoms with Crippen molar-refractivity contribution in [3.8, 4) is 0 Å². The fourth-order valence-corrected chi connectivity index (χ4v) is 0.639. The molecule has 0 atom stereocenters. The van der Waals surface area contributed by atoms with Crippen LogP contribution in [-0.2, 0) is 26.4 Å². The third kappa shape index (κ3) is 3.92. The minimum absolute atomic E-state index is 0. The summed E-state index contributed by atoms with van der Waals surface area (Å²) in [7, 11) is 0. The van der Waals surface area contributed by atoms with Crippen molar-refractivity contribution in [1.82, 2.24) is 0 Å². The average Bonchev–Trinajstić information content (AvgIpc) is 2.90. The van der Waals surface area contributed by atoms with E-state index < -0.39 is 23.3 Å². The van der Waals surface area contributed by atoms with Crippen molar-refractivity contribution in [1.29, 1.82) is 0 Å². The van der Waals surface area contributed by atoms with Gasteiger partial charge in [0.15, 0.2) is 0 Å². The van der Waals surface area contributed by atoms with E-state index in [1.54, 1.807) is 0 Å². The Labute approximate surface area is 116 Å². The van der Waals surface area contributed by atoms with Gasteiger partial charge in [0.25, 0.3) is 11.3 Å². The zero-order valence-corrected chi connectivity index (χ0v) is 10.7. The molecule has 0 spiro atoms. The van der Waals surface area contributed by atoms with Crippen molar-refractivity contribution < 1.29 is 36.6 Å². The Bertz CT molecular complexity index is 418. The molecular weight excluding hydrogens is 307 g/mol. The number of carbonyl (C=O) groups is 2. The van der Waals surface area contributed by atoms with Crippen LogP contribution in [0.1, 0.15) is 13.8 Å². The molecule has 13 heteroatoms. The van der Waals surface area contributed by atoms with Gasteiger partial charge in [0, 0.05) is 16.8 Å². The molecule has 12 nitrogen and oxygen atoms in total. The van der Waals surface area contributed by atoms with Crippen molar-refractivity contribution in [2.24, 2.45) is 41.4 Å². The molecule has 2 aliphatic heterocycles. The van der Waals surface area contributed by atoms with Crippen LogP contribution in [-0.4, -0.2) is 33.5 Å². The van der Waals surface area contributed by atoms with Crippen LogP contribution in [0.15, 0.2) is 41.4 Å². The summed E-state index contributed by atoms with van der Waals surface area (Å²) in [5, 5.41) is 42.0. The number of hydrogen-bond donors (Lipinski definition) is 2. The number of carboxylic acids is 2. The summed E-state index contributed by atoms with van der Waals surface area (Å²) in [5.74, 6) is -2.29. The molecular formula is C6H8CoN8O4. The second-order valence-electron chi connectivity index (χ2n) is 3.41. The van der Waals surface area contributed by atoms with Crippen molar-refractivity contribution in [2.45, 2.75) is 25.2 Å². The predicted molar refractivity (Wildman–Crippen MR) is 51.5 cm³/mol. The molecule has 0 bridgehead atoms. The third-order valence-corrected chi connectivity index (χ3v) is 1.85. The van der Waals surface area contributed by atoms with Crippen molar-refractivity contribution in [3.05, 3.63) is 0 Å². The predicted octanol–water partition coefficient (Wildman–Crippen LogP) is 1.24. The van der Waals surface area contributed by atoms with Gasteiger partial charge in [-0.15, -0.1) is 20.5 Å². The molecule has 0 fully saturated rings. The maximum absolute atomic E-state index is 10.2. The number of aliphatic carboxylic acids is 2. The average molecular weight is 315 g/mol. The molecule has 19 heavy (non-hydrogen) atoms. The zero-order valence-electron chi connectivity index (χ0n) is 9.62. The SMILES string of the molecule is CC1(C(=O)O)N=NN=N1.CC1(C(=O)O)N=NN=N1.[Co]. The zero-order chi connectivity index (χ0) is 13.8. The maximum Gasteiger partial charge on any atom is 0.358 e. The summed E-state index contributed by atoms with van der Waals surface area (Å²) < 4.78 is 0. The van der Waals surface area contributed by atoms with Gasteiger partial charge in [-0.2, -0.15) is 0 Å². The van der Waals surface area contributed by atoms with Gasteiger partial charge in [-0.25, -0.2) is 9.59 Å². The standard InChI is InChI=1S/2C3H4N4O2.Co/c2*1-3(2(8)9)4-6-7-5-3;/h2*1H3,(H,8,9);. The second kappa shape index (κ2) is 6.14. The smallest absolute Gasteiger partial charge is 0.358 e. The molecule has 0 aromatic carbocycles. The van der Waals surface area contributed by atoms with Gasteiger partial charge in [0.05, 0.1) is 0 Å². The molecule has 0 saturated heterocycles. The Morgan fingerprint density at radius 3 is 1.05 bits per heavy atom. The molecule has 0 aromatic heterocycles. The fraction of sp³-hybridized carbons (Fsp3) is 0.667. The van der Waals surface area contributed by atoms with Gasteiger partial charge in [0.2, 0.25) is 0 Å². The van der Waals surface area contributed by atoms with Gasteiger partial charge < -0.3 is 10.2 Å². The number of carboxylic acid groups (broad SMARTS) is 2. The third-order valence-electron chi connectivity index (χ3n) is 1.85. The van der Waals surface area contributed by atoms with Crippen molar-refractivity contribution >= 4 is 11.9 Å². The Kier molecular flexibility index (Phi) is 5.45. The molecule has 2 aliphatic rings. The second-order valence-corrected chi connectivity index (χ2v) is 3.41. The van der Waals surface area contributed by atoms with Crippen LogP contribution in [0.25, 0.3) is 0 Å². The fourth-order valence-electron chi connectivity index (χ4n) is 0.639. The van der Waals surface area contributed by atoms with Gasteiger partial charge in [-0.3, -0.25) is 0 Å². The molecule has 2 heterocycles. The van der Waals surface area contributed by atoms with Gasteiger partial charge >= 0.3 is 11.9 Å². The van der Waals surface area contributed by atoms with Crippen LogP contribution in [0.3, 0.4) is 0 Å². The first-order chi connectivity index (χ1) is 8.30. The van der Waals surface area contributed by atoms with E-state index in [-0.39, 0.29) is 16.8 Å². The van der Waals surface area contributed by atoms with E-state index in [4.69, 9.17) is 10.2 Å². The first-order valence-corrected chi connectivity index (χ1v) is 4.45. The number of hydrogen-bond acceptors (Lipinski definition) is 10. The topological polar surface area (TPSA) is 173 Å². The van der Waals surface area contributed by atoms with E-state index in [1.165, 1.54) is 13.8 Å². The summed E-state index contributed by atoms with van der Waals surface area (Å²) in [4.78, 5) is 20.4. The van der Waals surface area contributed by atoms with Crippen LogP contribution in [0.5, 0.6) is 0 Å². The number of nitrogens with zero attached hydrogens (tertiary/aromatic N) is 8. The van der Waals surface area contributed by atoms with E-state index >= 15 is 0 Å². The Morgan fingerprint density at radius 2 is 0.947 bits per heavy atom. The van der Waals surface area contributed by atoms with Crippen LogP contribution in [0.2, 0.25) is 0 Å². The number of rotatable bonds is 2.